The minimum atomic E-state index is 0.469. The third-order valence-corrected chi connectivity index (χ3v) is 4.59. The molecule has 0 unspecified atom stereocenters. The molecule has 0 saturated heterocycles. The lowest BCUT2D eigenvalue weighted by molar-refractivity contribution is 1.06. The zero-order valence-corrected chi connectivity index (χ0v) is 13.9. The van der Waals surface area contributed by atoms with E-state index in [0.717, 1.165) is 35.5 Å². The predicted molar refractivity (Wildman–Crippen MR) is 96.5 cm³/mol. The van der Waals surface area contributed by atoms with Crippen LogP contribution in [-0.4, -0.2) is 35.5 Å². The zero-order chi connectivity index (χ0) is 16.6. The van der Waals surface area contributed by atoms with Gasteiger partial charge < -0.3 is 10.6 Å². The van der Waals surface area contributed by atoms with Crippen molar-refractivity contribution in [2.75, 3.05) is 10.6 Å². The maximum Gasteiger partial charge on any atom is 0.232 e. The SMILES string of the molecule is c1cc(Nc2nc(NC3CC3)c3ncn(-c4ccsc4)c3n2)ncn1. The van der Waals surface area contributed by atoms with Gasteiger partial charge >= 0.3 is 0 Å². The molecular formula is C16H14N8S. The number of hydrogen-bond acceptors (Lipinski definition) is 8. The van der Waals surface area contributed by atoms with Crippen LogP contribution in [-0.2, 0) is 0 Å². The summed E-state index contributed by atoms with van der Waals surface area (Å²) in [4.78, 5) is 21.9. The summed E-state index contributed by atoms with van der Waals surface area (Å²) in [6, 6.07) is 4.29. The molecule has 1 fully saturated rings. The first kappa shape index (κ1) is 14.3. The highest BCUT2D eigenvalue weighted by atomic mass is 32.1. The topological polar surface area (TPSA) is 93.4 Å². The van der Waals surface area contributed by atoms with Crippen molar-refractivity contribution in [1.82, 2.24) is 29.5 Å². The second-order valence-electron chi connectivity index (χ2n) is 5.80. The van der Waals surface area contributed by atoms with Crippen molar-refractivity contribution >= 4 is 40.1 Å². The van der Waals surface area contributed by atoms with E-state index in [2.05, 4.69) is 40.9 Å². The first-order valence-corrected chi connectivity index (χ1v) is 8.88. The van der Waals surface area contributed by atoms with Crippen molar-refractivity contribution in [1.29, 1.82) is 0 Å². The fourth-order valence-electron chi connectivity index (χ4n) is 2.54. The second kappa shape index (κ2) is 5.78. The summed E-state index contributed by atoms with van der Waals surface area (Å²) in [6.07, 6.45) is 7.26. The minimum absolute atomic E-state index is 0.469. The van der Waals surface area contributed by atoms with E-state index in [4.69, 9.17) is 0 Å². The number of hydrogen-bond donors (Lipinski definition) is 2. The molecule has 0 atom stereocenters. The molecule has 0 radical (unpaired) electrons. The van der Waals surface area contributed by atoms with Crippen LogP contribution in [0.2, 0.25) is 0 Å². The lowest BCUT2D eigenvalue weighted by atomic mass is 10.4. The quantitative estimate of drug-likeness (QED) is 0.571. The lowest BCUT2D eigenvalue weighted by Gasteiger charge is -2.09. The summed E-state index contributed by atoms with van der Waals surface area (Å²) in [5.74, 6) is 1.87. The van der Waals surface area contributed by atoms with Gasteiger partial charge in [-0.05, 0) is 30.4 Å². The molecule has 0 spiro atoms. The highest BCUT2D eigenvalue weighted by Gasteiger charge is 2.24. The molecule has 25 heavy (non-hydrogen) atoms. The van der Waals surface area contributed by atoms with Crippen LogP contribution >= 0.6 is 11.3 Å². The van der Waals surface area contributed by atoms with Crippen LogP contribution in [0.1, 0.15) is 12.8 Å². The van der Waals surface area contributed by atoms with Gasteiger partial charge in [0.15, 0.2) is 17.0 Å². The van der Waals surface area contributed by atoms with Crippen LogP contribution < -0.4 is 10.6 Å². The van der Waals surface area contributed by atoms with Crippen LogP contribution in [0.3, 0.4) is 0 Å². The first-order valence-electron chi connectivity index (χ1n) is 7.94. The molecular weight excluding hydrogens is 336 g/mol. The lowest BCUT2D eigenvalue weighted by Crippen LogP contribution is -2.08. The standard InChI is InChI=1S/C16H14N8S/c1-2-10(1)20-14-13-15(24(9-19-13)11-4-6-25-7-11)23-16(22-14)21-12-3-5-17-8-18-12/h3-10H,1-2H2,(H2,17,18,20,21,22,23). The summed E-state index contributed by atoms with van der Waals surface area (Å²) in [7, 11) is 0. The van der Waals surface area contributed by atoms with Gasteiger partial charge in [0, 0.05) is 17.6 Å². The van der Waals surface area contributed by atoms with Gasteiger partial charge in [0.25, 0.3) is 0 Å². The Labute approximate surface area is 147 Å². The van der Waals surface area contributed by atoms with E-state index >= 15 is 0 Å². The van der Waals surface area contributed by atoms with Gasteiger partial charge in [0.1, 0.15) is 18.5 Å². The number of fused-ring (bicyclic) bond motifs is 1. The Kier molecular flexibility index (Phi) is 3.30. The summed E-state index contributed by atoms with van der Waals surface area (Å²) >= 11 is 1.64. The van der Waals surface area contributed by atoms with Crippen LogP contribution in [0.25, 0.3) is 16.9 Å². The predicted octanol–water partition coefficient (Wildman–Crippen LogP) is 2.98. The molecule has 4 heterocycles. The molecule has 0 amide bonds. The van der Waals surface area contributed by atoms with E-state index < -0.39 is 0 Å². The number of thiophene rings is 1. The van der Waals surface area contributed by atoms with E-state index in [1.165, 1.54) is 6.33 Å². The number of anilines is 3. The van der Waals surface area contributed by atoms with Gasteiger partial charge in [0.05, 0.1) is 5.69 Å². The number of nitrogens with one attached hydrogen (secondary N) is 2. The normalized spacial score (nSPS) is 13.9. The van der Waals surface area contributed by atoms with Crippen molar-refractivity contribution in [3.63, 3.8) is 0 Å². The summed E-state index contributed by atoms with van der Waals surface area (Å²) in [6.45, 7) is 0. The fourth-order valence-corrected chi connectivity index (χ4v) is 3.17. The molecule has 1 saturated carbocycles. The summed E-state index contributed by atoms with van der Waals surface area (Å²) in [5.41, 5.74) is 2.57. The van der Waals surface area contributed by atoms with Gasteiger partial charge in [-0.2, -0.15) is 21.3 Å². The number of imidazole rings is 1. The van der Waals surface area contributed by atoms with E-state index in [0.29, 0.717) is 17.8 Å². The van der Waals surface area contributed by atoms with Crippen molar-refractivity contribution in [3.8, 4) is 5.69 Å². The monoisotopic (exact) mass is 350 g/mol. The molecule has 4 aromatic rings. The Morgan fingerprint density at radius 2 is 2.12 bits per heavy atom. The highest BCUT2D eigenvalue weighted by Crippen LogP contribution is 2.30. The van der Waals surface area contributed by atoms with Crippen LogP contribution in [0.4, 0.5) is 17.6 Å². The van der Waals surface area contributed by atoms with Crippen molar-refractivity contribution in [3.05, 3.63) is 41.7 Å². The van der Waals surface area contributed by atoms with Crippen molar-refractivity contribution < 1.29 is 0 Å². The largest absolute Gasteiger partial charge is 0.365 e. The fraction of sp³-hybridized carbons (Fsp3) is 0.188. The molecule has 9 heteroatoms. The third-order valence-electron chi connectivity index (χ3n) is 3.92. The van der Waals surface area contributed by atoms with Crippen molar-refractivity contribution in [2.45, 2.75) is 18.9 Å². The molecule has 0 aromatic carbocycles. The van der Waals surface area contributed by atoms with Crippen molar-refractivity contribution in [2.24, 2.45) is 0 Å². The Balaban J connectivity index is 1.63. The van der Waals surface area contributed by atoms with Gasteiger partial charge in [0.2, 0.25) is 5.95 Å². The van der Waals surface area contributed by atoms with E-state index in [9.17, 15) is 0 Å². The number of nitrogens with zero attached hydrogens (tertiary/aromatic N) is 6. The van der Waals surface area contributed by atoms with Crippen LogP contribution in [0.15, 0.2) is 41.7 Å². The maximum atomic E-state index is 4.66. The average Bonchev–Trinajstić information content (AvgIpc) is 3.10. The molecule has 1 aliphatic rings. The smallest absolute Gasteiger partial charge is 0.232 e. The Morgan fingerprint density at radius 1 is 1.16 bits per heavy atom. The zero-order valence-electron chi connectivity index (χ0n) is 13.1. The highest BCUT2D eigenvalue weighted by molar-refractivity contribution is 7.08. The second-order valence-corrected chi connectivity index (χ2v) is 6.58. The molecule has 0 aliphatic heterocycles. The Hall–Kier alpha value is -3.07. The molecule has 0 bridgehead atoms. The molecule has 8 nitrogen and oxygen atoms in total. The molecule has 124 valence electrons. The average molecular weight is 350 g/mol. The summed E-state index contributed by atoms with van der Waals surface area (Å²) < 4.78 is 1.97. The first-order chi connectivity index (χ1) is 12.4. The van der Waals surface area contributed by atoms with Crippen LogP contribution in [0.5, 0.6) is 0 Å². The Morgan fingerprint density at radius 3 is 2.88 bits per heavy atom. The number of rotatable bonds is 5. The number of aromatic nitrogens is 6. The van der Waals surface area contributed by atoms with Crippen LogP contribution in [0, 0.1) is 0 Å². The third kappa shape index (κ3) is 2.78. The maximum absolute atomic E-state index is 4.66. The van der Waals surface area contributed by atoms with E-state index in [-0.39, 0.29) is 0 Å². The van der Waals surface area contributed by atoms with Gasteiger partial charge in [-0.25, -0.2) is 15.0 Å². The molecule has 2 N–H and O–H groups in total. The van der Waals surface area contributed by atoms with Gasteiger partial charge in [-0.1, -0.05) is 0 Å². The molecule has 4 aromatic heterocycles. The molecule has 5 rings (SSSR count). The minimum Gasteiger partial charge on any atom is -0.365 e. The van der Waals surface area contributed by atoms with Gasteiger partial charge in [-0.15, -0.1) is 0 Å². The Bertz CT molecular complexity index is 1010. The van der Waals surface area contributed by atoms with E-state index in [1.807, 2.05) is 16.0 Å². The van der Waals surface area contributed by atoms with E-state index in [1.54, 1.807) is 29.9 Å². The molecule has 1 aliphatic carbocycles. The summed E-state index contributed by atoms with van der Waals surface area (Å²) in [5, 5.41) is 10.7. The van der Waals surface area contributed by atoms with Gasteiger partial charge in [-0.3, -0.25) is 4.57 Å².